The number of carboxylic acid groups (broad SMARTS) is 1. The quantitative estimate of drug-likeness (QED) is 0.235. The first-order valence-corrected chi connectivity index (χ1v) is 17.0. The van der Waals surface area contributed by atoms with Crippen molar-refractivity contribution in [2.75, 3.05) is 32.7 Å². The minimum Gasteiger partial charge on any atom is -0.465 e. The van der Waals surface area contributed by atoms with Crippen LogP contribution in [0, 0.1) is 5.41 Å². The van der Waals surface area contributed by atoms with Gasteiger partial charge in [-0.25, -0.2) is 9.78 Å². The van der Waals surface area contributed by atoms with E-state index in [0.717, 1.165) is 30.6 Å². The number of piperazine rings is 1. The summed E-state index contributed by atoms with van der Waals surface area (Å²) in [5.74, 6) is -0.361. The molecule has 252 valence electrons. The van der Waals surface area contributed by atoms with Crippen LogP contribution in [-0.2, 0) is 13.1 Å². The Morgan fingerprint density at radius 2 is 1.56 bits per heavy atom. The van der Waals surface area contributed by atoms with Crippen LogP contribution in [0.1, 0.15) is 61.1 Å². The minimum atomic E-state index is -1.00. The lowest BCUT2D eigenvalue weighted by Gasteiger charge is -2.48. The molecule has 2 fully saturated rings. The molecule has 0 aliphatic carbocycles. The Hall–Kier alpha value is -4.47. The van der Waals surface area contributed by atoms with Crippen molar-refractivity contribution in [2.24, 2.45) is 5.41 Å². The van der Waals surface area contributed by atoms with E-state index in [0.29, 0.717) is 30.9 Å². The van der Waals surface area contributed by atoms with Crippen LogP contribution in [0.2, 0.25) is 0 Å². The second-order valence-corrected chi connectivity index (χ2v) is 14.5. The Morgan fingerprint density at radius 3 is 2.21 bits per heavy atom. The monoisotopic (exact) mass is 649 g/mol. The lowest BCUT2D eigenvalue weighted by atomic mass is 9.71. The molecule has 2 N–H and O–H groups in total. The van der Waals surface area contributed by atoms with E-state index in [9.17, 15) is 19.8 Å². The van der Waals surface area contributed by atoms with Gasteiger partial charge in [0.1, 0.15) is 0 Å². The molecular formula is C39H47N5O4. The molecule has 3 heterocycles. The normalized spacial score (nSPS) is 21.2. The molecule has 0 radical (unpaired) electrons. The Kier molecular flexibility index (Phi) is 9.71. The molecule has 0 bridgehead atoms. The Bertz CT molecular complexity index is 1690. The molecule has 3 atom stereocenters. The van der Waals surface area contributed by atoms with Gasteiger partial charge in [-0.2, -0.15) is 0 Å². The number of imidazole rings is 1. The SMILES string of the molecule is CC(C)(C)C(c1ccccc1)[C@@H]1CN(C(=O)O)CCN1C(=O)c1ncn(CC2(O)CCCN(Cc3ccccc3)C2)c1-c1ccccc1. The van der Waals surface area contributed by atoms with Crippen molar-refractivity contribution in [1.29, 1.82) is 0 Å². The van der Waals surface area contributed by atoms with E-state index in [1.165, 1.54) is 10.5 Å². The number of likely N-dealkylation sites (tertiary alicyclic amines) is 1. The second kappa shape index (κ2) is 13.9. The number of nitrogens with zero attached hydrogens (tertiary/aromatic N) is 5. The summed E-state index contributed by atoms with van der Waals surface area (Å²) < 4.78 is 1.94. The van der Waals surface area contributed by atoms with Crippen LogP contribution >= 0.6 is 0 Å². The first kappa shape index (κ1) is 33.4. The summed E-state index contributed by atoms with van der Waals surface area (Å²) in [6.45, 7) is 9.61. The fraction of sp³-hybridized carbons (Fsp3) is 0.410. The van der Waals surface area contributed by atoms with Crippen molar-refractivity contribution >= 4 is 12.0 Å². The smallest absolute Gasteiger partial charge is 0.407 e. The van der Waals surface area contributed by atoms with E-state index in [-0.39, 0.29) is 36.9 Å². The predicted octanol–water partition coefficient (Wildman–Crippen LogP) is 6.21. The van der Waals surface area contributed by atoms with Gasteiger partial charge in [0.15, 0.2) is 5.69 Å². The molecule has 1 aromatic heterocycles. The van der Waals surface area contributed by atoms with Crippen molar-refractivity contribution in [1.82, 2.24) is 24.3 Å². The number of hydrogen-bond donors (Lipinski definition) is 2. The molecular weight excluding hydrogens is 602 g/mol. The van der Waals surface area contributed by atoms with Gasteiger partial charge in [0.05, 0.1) is 30.2 Å². The molecule has 2 unspecified atom stereocenters. The highest BCUT2D eigenvalue weighted by Gasteiger charge is 2.44. The van der Waals surface area contributed by atoms with Crippen LogP contribution in [0.4, 0.5) is 4.79 Å². The van der Waals surface area contributed by atoms with Crippen molar-refractivity contribution in [2.45, 2.75) is 64.3 Å². The van der Waals surface area contributed by atoms with Crippen LogP contribution in [0.3, 0.4) is 0 Å². The van der Waals surface area contributed by atoms with Crippen molar-refractivity contribution in [3.63, 3.8) is 0 Å². The summed E-state index contributed by atoms with van der Waals surface area (Å²) >= 11 is 0. The zero-order valence-electron chi connectivity index (χ0n) is 28.2. The van der Waals surface area contributed by atoms with Gasteiger partial charge in [-0.3, -0.25) is 9.69 Å². The number of benzene rings is 3. The molecule has 9 nitrogen and oxygen atoms in total. The number of rotatable bonds is 8. The summed E-state index contributed by atoms with van der Waals surface area (Å²) in [5, 5.41) is 22.0. The third kappa shape index (κ3) is 7.32. The molecule has 2 aliphatic heterocycles. The topological polar surface area (TPSA) is 102 Å². The van der Waals surface area contributed by atoms with Gasteiger partial charge < -0.3 is 24.6 Å². The van der Waals surface area contributed by atoms with E-state index in [1.807, 2.05) is 76.2 Å². The number of aromatic nitrogens is 2. The lowest BCUT2D eigenvalue weighted by Crippen LogP contribution is -2.59. The number of amides is 2. The second-order valence-electron chi connectivity index (χ2n) is 14.5. The van der Waals surface area contributed by atoms with Crippen molar-refractivity contribution < 1.29 is 19.8 Å². The van der Waals surface area contributed by atoms with E-state index >= 15 is 0 Å². The fourth-order valence-electron chi connectivity index (χ4n) is 7.80. The number of hydrogen-bond acceptors (Lipinski definition) is 5. The van der Waals surface area contributed by atoms with Crippen LogP contribution in [0.15, 0.2) is 97.3 Å². The maximum absolute atomic E-state index is 14.8. The van der Waals surface area contributed by atoms with Gasteiger partial charge in [-0.1, -0.05) is 112 Å². The van der Waals surface area contributed by atoms with Gasteiger partial charge >= 0.3 is 6.09 Å². The average Bonchev–Trinajstić information content (AvgIpc) is 3.48. The summed E-state index contributed by atoms with van der Waals surface area (Å²) in [4.78, 5) is 37.3. The van der Waals surface area contributed by atoms with E-state index in [4.69, 9.17) is 4.98 Å². The van der Waals surface area contributed by atoms with E-state index in [1.54, 1.807) is 6.33 Å². The van der Waals surface area contributed by atoms with E-state index in [2.05, 4.69) is 49.9 Å². The maximum Gasteiger partial charge on any atom is 0.407 e. The average molecular weight is 650 g/mol. The summed E-state index contributed by atoms with van der Waals surface area (Å²) in [7, 11) is 0. The van der Waals surface area contributed by atoms with Crippen molar-refractivity contribution in [3.05, 3.63) is 114 Å². The number of carbonyl (C=O) groups excluding carboxylic acids is 1. The van der Waals surface area contributed by atoms with Crippen LogP contribution in [0.25, 0.3) is 11.3 Å². The molecule has 2 saturated heterocycles. The molecule has 9 heteroatoms. The summed E-state index contributed by atoms with van der Waals surface area (Å²) in [6.07, 6.45) is 2.22. The fourth-order valence-corrected chi connectivity index (χ4v) is 7.80. The standard InChI is InChI=1S/C39H47N5O4/c1-38(2,3)33(30-16-9-5-10-17-30)32-25-42(37(46)47)22-23-44(32)36(45)34-35(31-18-11-6-12-19-31)43(28-40-34)27-39(48)20-13-21-41(26-39)24-29-14-7-4-8-15-29/h4-12,14-19,28,32-33,48H,13,20-27H2,1-3H3,(H,46,47)/t32-,33?,39?/m0/s1. The molecule has 6 rings (SSSR count). The molecule has 4 aromatic rings. The highest BCUT2D eigenvalue weighted by atomic mass is 16.4. The van der Waals surface area contributed by atoms with Gasteiger partial charge in [-0.15, -0.1) is 0 Å². The zero-order valence-corrected chi connectivity index (χ0v) is 28.2. The molecule has 0 saturated carbocycles. The minimum absolute atomic E-state index is 0.134. The number of piperidine rings is 1. The van der Waals surface area contributed by atoms with Gasteiger partial charge in [-0.05, 0) is 35.9 Å². The van der Waals surface area contributed by atoms with Crippen molar-refractivity contribution in [3.8, 4) is 11.3 Å². The molecule has 3 aromatic carbocycles. The Balaban J connectivity index is 1.35. The Morgan fingerprint density at radius 1 is 0.917 bits per heavy atom. The highest BCUT2D eigenvalue weighted by molar-refractivity contribution is 5.98. The number of β-amino-alcohol motifs (C(OH)–C–C–N with tert-alkyl or cyclic N) is 1. The summed E-state index contributed by atoms with van der Waals surface area (Å²) in [5.41, 5.74) is 2.82. The predicted molar refractivity (Wildman–Crippen MR) is 187 cm³/mol. The Labute approximate surface area is 283 Å². The first-order valence-electron chi connectivity index (χ1n) is 17.0. The van der Waals surface area contributed by atoms with Gasteiger partial charge in [0, 0.05) is 44.2 Å². The van der Waals surface area contributed by atoms with Gasteiger partial charge in [0.2, 0.25) is 0 Å². The number of carbonyl (C=O) groups is 2. The third-order valence-corrected chi connectivity index (χ3v) is 9.86. The number of aliphatic hydroxyl groups is 1. The first-order chi connectivity index (χ1) is 23.0. The molecule has 0 spiro atoms. The van der Waals surface area contributed by atoms with Gasteiger partial charge in [0.25, 0.3) is 5.91 Å². The zero-order chi connectivity index (χ0) is 33.9. The molecule has 2 amide bonds. The molecule has 48 heavy (non-hydrogen) atoms. The van der Waals surface area contributed by atoms with Crippen LogP contribution in [0.5, 0.6) is 0 Å². The highest BCUT2D eigenvalue weighted by Crippen LogP contribution is 2.42. The summed E-state index contributed by atoms with van der Waals surface area (Å²) in [6, 6.07) is 29.7. The third-order valence-electron chi connectivity index (χ3n) is 9.86. The van der Waals surface area contributed by atoms with Crippen LogP contribution < -0.4 is 0 Å². The molecule has 2 aliphatic rings. The maximum atomic E-state index is 14.8. The van der Waals surface area contributed by atoms with E-state index < -0.39 is 17.7 Å². The van der Waals surface area contributed by atoms with Crippen LogP contribution in [-0.4, -0.2) is 90.8 Å². The lowest BCUT2D eigenvalue weighted by molar-refractivity contribution is -0.0451. The largest absolute Gasteiger partial charge is 0.465 e.